The summed E-state index contributed by atoms with van der Waals surface area (Å²) in [4.78, 5) is 1.12. The smallest absolute Gasteiger partial charge is 0.0931 e. The number of nitrogens with one attached hydrogen (secondary N) is 1. The van der Waals surface area contributed by atoms with E-state index in [4.69, 9.17) is 22.2 Å². The van der Waals surface area contributed by atoms with Gasteiger partial charge in [0, 0.05) is 4.88 Å². The van der Waals surface area contributed by atoms with Gasteiger partial charge in [0.05, 0.1) is 23.2 Å². The quantitative estimate of drug-likeness (QED) is 0.635. The Kier molecular flexibility index (Phi) is 3.64. The topological polar surface area (TPSA) is 47.3 Å². The van der Waals surface area contributed by atoms with E-state index < -0.39 is 0 Å². The zero-order valence-corrected chi connectivity index (χ0v) is 9.77. The normalized spacial score (nSPS) is 18.1. The van der Waals surface area contributed by atoms with Crippen LogP contribution >= 0.6 is 22.9 Å². The van der Waals surface area contributed by atoms with Gasteiger partial charge in [-0.3, -0.25) is 5.84 Å². The van der Waals surface area contributed by atoms with Crippen molar-refractivity contribution in [3.05, 3.63) is 33.2 Å². The summed E-state index contributed by atoms with van der Waals surface area (Å²) in [6, 6.07) is 3.91. The maximum Gasteiger partial charge on any atom is 0.0931 e. The van der Waals surface area contributed by atoms with Crippen molar-refractivity contribution in [2.24, 2.45) is 5.84 Å². The molecule has 0 fully saturated rings. The molecule has 1 unspecified atom stereocenters. The third kappa shape index (κ3) is 2.52. The van der Waals surface area contributed by atoms with E-state index in [2.05, 4.69) is 5.43 Å². The lowest BCUT2D eigenvalue weighted by Crippen LogP contribution is -2.29. The Balaban J connectivity index is 2.19. The fourth-order valence-electron chi connectivity index (χ4n) is 1.65. The first kappa shape index (κ1) is 11.0. The van der Waals surface area contributed by atoms with E-state index in [0.29, 0.717) is 0 Å². The molecule has 1 aliphatic rings. The Morgan fingerprint density at radius 1 is 1.53 bits per heavy atom. The van der Waals surface area contributed by atoms with Crippen LogP contribution < -0.4 is 11.3 Å². The van der Waals surface area contributed by atoms with Crippen molar-refractivity contribution in [2.45, 2.75) is 18.9 Å². The minimum absolute atomic E-state index is 0.0304. The second-order valence-electron chi connectivity index (χ2n) is 3.41. The number of ether oxygens (including phenoxy) is 1. The minimum atomic E-state index is 0.0304. The van der Waals surface area contributed by atoms with Gasteiger partial charge in [-0.2, -0.15) is 0 Å². The SMILES string of the molecule is NNC(C1=COCCC1)c1ccc(Cl)s1. The predicted molar refractivity (Wildman–Crippen MR) is 62.7 cm³/mol. The fourth-order valence-corrected chi connectivity index (χ4v) is 2.82. The second kappa shape index (κ2) is 4.99. The van der Waals surface area contributed by atoms with Crippen molar-refractivity contribution in [3.63, 3.8) is 0 Å². The molecule has 5 heteroatoms. The maximum atomic E-state index is 5.90. The van der Waals surface area contributed by atoms with E-state index in [0.717, 1.165) is 28.7 Å². The van der Waals surface area contributed by atoms with Gasteiger partial charge in [-0.1, -0.05) is 11.6 Å². The molecule has 1 atom stereocenters. The van der Waals surface area contributed by atoms with Crippen molar-refractivity contribution in [2.75, 3.05) is 6.61 Å². The van der Waals surface area contributed by atoms with Crippen LogP contribution in [0.5, 0.6) is 0 Å². The highest BCUT2D eigenvalue weighted by Crippen LogP contribution is 2.33. The Bertz CT molecular complexity index is 364. The average Bonchev–Trinajstić information content (AvgIpc) is 2.68. The number of hydrazine groups is 1. The van der Waals surface area contributed by atoms with Gasteiger partial charge in [0.25, 0.3) is 0 Å². The molecule has 2 heterocycles. The summed E-state index contributed by atoms with van der Waals surface area (Å²) in [5, 5.41) is 0. The van der Waals surface area contributed by atoms with Crippen LogP contribution in [0.2, 0.25) is 4.34 Å². The molecule has 0 radical (unpaired) electrons. The largest absolute Gasteiger partial charge is 0.501 e. The van der Waals surface area contributed by atoms with Gasteiger partial charge >= 0.3 is 0 Å². The summed E-state index contributed by atoms with van der Waals surface area (Å²) in [6.45, 7) is 0.798. The van der Waals surface area contributed by atoms with Gasteiger partial charge < -0.3 is 4.74 Å². The molecular weight excluding hydrogens is 232 g/mol. The highest BCUT2D eigenvalue weighted by molar-refractivity contribution is 7.16. The number of nitrogens with two attached hydrogens (primary N) is 1. The van der Waals surface area contributed by atoms with Crippen LogP contribution in [0.25, 0.3) is 0 Å². The molecule has 0 saturated carbocycles. The summed E-state index contributed by atoms with van der Waals surface area (Å²) >= 11 is 7.44. The number of rotatable bonds is 3. The van der Waals surface area contributed by atoms with Crippen LogP contribution in [0.4, 0.5) is 0 Å². The lowest BCUT2D eigenvalue weighted by molar-refractivity contribution is 0.219. The molecule has 15 heavy (non-hydrogen) atoms. The van der Waals surface area contributed by atoms with Crippen LogP contribution in [0, 0.1) is 0 Å². The molecule has 3 nitrogen and oxygen atoms in total. The van der Waals surface area contributed by atoms with Crippen molar-refractivity contribution >= 4 is 22.9 Å². The molecule has 1 aliphatic heterocycles. The Labute approximate surface area is 97.8 Å². The predicted octanol–water partition coefficient (Wildman–Crippen LogP) is 2.60. The van der Waals surface area contributed by atoms with Crippen LogP contribution in [0.1, 0.15) is 23.8 Å². The van der Waals surface area contributed by atoms with Gasteiger partial charge in [0.1, 0.15) is 0 Å². The summed E-state index contributed by atoms with van der Waals surface area (Å²) in [5.41, 5.74) is 3.99. The first-order valence-corrected chi connectivity index (χ1v) is 6.02. The monoisotopic (exact) mass is 244 g/mol. The van der Waals surface area contributed by atoms with E-state index in [1.54, 1.807) is 11.3 Å². The molecule has 0 spiro atoms. The average molecular weight is 245 g/mol. The number of hydrogen-bond acceptors (Lipinski definition) is 4. The van der Waals surface area contributed by atoms with E-state index in [9.17, 15) is 0 Å². The highest BCUT2D eigenvalue weighted by Gasteiger charge is 2.19. The highest BCUT2D eigenvalue weighted by atomic mass is 35.5. The molecule has 3 N–H and O–H groups in total. The van der Waals surface area contributed by atoms with Gasteiger partial charge in [0.15, 0.2) is 0 Å². The van der Waals surface area contributed by atoms with Gasteiger partial charge in [-0.05, 0) is 30.5 Å². The molecule has 0 saturated heterocycles. The van der Waals surface area contributed by atoms with Crippen molar-refractivity contribution in [1.29, 1.82) is 0 Å². The zero-order chi connectivity index (χ0) is 10.7. The van der Waals surface area contributed by atoms with E-state index in [1.165, 1.54) is 5.57 Å². The minimum Gasteiger partial charge on any atom is -0.501 e. The number of halogens is 1. The Morgan fingerprint density at radius 3 is 2.93 bits per heavy atom. The Morgan fingerprint density at radius 2 is 2.40 bits per heavy atom. The van der Waals surface area contributed by atoms with Crippen LogP contribution in [-0.4, -0.2) is 6.61 Å². The third-order valence-electron chi connectivity index (χ3n) is 2.38. The number of thiophene rings is 1. The van der Waals surface area contributed by atoms with Gasteiger partial charge in [0.2, 0.25) is 0 Å². The van der Waals surface area contributed by atoms with Crippen LogP contribution in [-0.2, 0) is 4.74 Å². The molecule has 0 aliphatic carbocycles. The van der Waals surface area contributed by atoms with Gasteiger partial charge in [-0.25, -0.2) is 5.43 Å². The first-order valence-electron chi connectivity index (χ1n) is 4.83. The maximum absolute atomic E-state index is 5.90. The fraction of sp³-hybridized carbons (Fsp3) is 0.400. The molecule has 82 valence electrons. The molecule has 0 amide bonds. The molecule has 1 aromatic heterocycles. The standard InChI is InChI=1S/C10H13ClN2OS/c11-9-4-3-8(15-9)10(13-12)7-2-1-5-14-6-7/h3-4,6,10,13H,1-2,5,12H2. The first-order chi connectivity index (χ1) is 7.31. The molecule has 0 aromatic carbocycles. The van der Waals surface area contributed by atoms with Crippen LogP contribution in [0.15, 0.2) is 24.0 Å². The van der Waals surface area contributed by atoms with E-state index in [1.807, 2.05) is 18.4 Å². The second-order valence-corrected chi connectivity index (χ2v) is 5.16. The van der Waals surface area contributed by atoms with E-state index in [-0.39, 0.29) is 6.04 Å². The summed E-state index contributed by atoms with van der Waals surface area (Å²) < 4.78 is 6.09. The van der Waals surface area contributed by atoms with Gasteiger partial charge in [-0.15, -0.1) is 11.3 Å². The lowest BCUT2D eigenvalue weighted by Gasteiger charge is -2.21. The molecule has 0 bridgehead atoms. The summed E-state index contributed by atoms with van der Waals surface area (Å²) in [6.07, 6.45) is 3.87. The third-order valence-corrected chi connectivity index (χ3v) is 3.67. The summed E-state index contributed by atoms with van der Waals surface area (Å²) in [5.74, 6) is 5.56. The zero-order valence-electron chi connectivity index (χ0n) is 8.20. The summed E-state index contributed by atoms with van der Waals surface area (Å²) in [7, 11) is 0. The molecule has 2 rings (SSSR count). The van der Waals surface area contributed by atoms with Crippen molar-refractivity contribution < 1.29 is 4.74 Å². The molecule has 1 aromatic rings. The van der Waals surface area contributed by atoms with Crippen molar-refractivity contribution in [3.8, 4) is 0 Å². The molecular formula is C10H13ClN2OS. The Hall–Kier alpha value is -0.550. The van der Waals surface area contributed by atoms with E-state index >= 15 is 0 Å². The lowest BCUT2D eigenvalue weighted by atomic mass is 10.0. The van der Waals surface area contributed by atoms with Crippen LogP contribution in [0.3, 0.4) is 0 Å². The van der Waals surface area contributed by atoms with Crippen molar-refractivity contribution in [1.82, 2.24) is 5.43 Å². The number of hydrogen-bond donors (Lipinski definition) is 2.